The van der Waals surface area contributed by atoms with Gasteiger partial charge < -0.3 is 10.4 Å². The topological polar surface area (TPSA) is 110 Å². The third-order valence-electron chi connectivity index (χ3n) is 4.29. The van der Waals surface area contributed by atoms with E-state index in [0.29, 0.717) is 16.3 Å². The molecule has 1 atom stereocenters. The summed E-state index contributed by atoms with van der Waals surface area (Å²) in [6.45, 7) is 1.65. The summed E-state index contributed by atoms with van der Waals surface area (Å²) in [5.41, 5.74) is -0.804. The quantitative estimate of drug-likeness (QED) is 0.451. The molecule has 3 aromatic rings. The predicted molar refractivity (Wildman–Crippen MR) is 111 cm³/mol. The molecule has 0 saturated carbocycles. The maximum absolute atomic E-state index is 12.6. The van der Waals surface area contributed by atoms with Crippen molar-refractivity contribution in [2.45, 2.75) is 12.5 Å². The molecule has 0 radical (unpaired) electrons. The first kappa shape index (κ1) is 20.8. The number of hydrogen-bond acceptors (Lipinski definition) is 6. The molecule has 0 aliphatic heterocycles. The van der Waals surface area contributed by atoms with Crippen molar-refractivity contribution in [3.8, 4) is 5.69 Å². The smallest absolute Gasteiger partial charge is 0.292 e. The number of nitrogens with zero attached hydrogens (tertiary/aromatic N) is 3. The van der Waals surface area contributed by atoms with Crippen LogP contribution in [0, 0.1) is 10.1 Å². The Morgan fingerprint density at radius 2 is 1.93 bits per heavy atom. The number of aromatic nitrogens is 2. The molecule has 0 fully saturated rings. The van der Waals surface area contributed by atoms with Crippen LogP contribution in [0.4, 0.5) is 11.4 Å². The van der Waals surface area contributed by atoms with Gasteiger partial charge in [0.15, 0.2) is 0 Å². The van der Waals surface area contributed by atoms with Crippen molar-refractivity contribution in [1.82, 2.24) is 9.78 Å². The number of hydrogen-bond donors (Lipinski definition) is 2. The van der Waals surface area contributed by atoms with Gasteiger partial charge in [-0.1, -0.05) is 35.3 Å². The Morgan fingerprint density at radius 3 is 2.55 bits per heavy atom. The summed E-state index contributed by atoms with van der Waals surface area (Å²) in [6.07, 6.45) is 1.35. The first-order valence-electron chi connectivity index (χ1n) is 8.44. The number of aliphatic hydroxyl groups is 1. The van der Waals surface area contributed by atoms with E-state index in [1.807, 2.05) is 0 Å². The van der Waals surface area contributed by atoms with Crippen LogP contribution < -0.4 is 10.9 Å². The molecule has 3 rings (SSSR count). The molecule has 8 nitrogen and oxygen atoms in total. The second-order valence-electron chi connectivity index (χ2n) is 6.50. The monoisotopic (exact) mass is 434 g/mol. The lowest BCUT2D eigenvalue weighted by molar-refractivity contribution is -0.384. The number of nitrogens with one attached hydrogen (secondary N) is 1. The zero-order valence-electron chi connectivity index (χ0n) is 15.2. The van der Waals surface area contributed by atoms with Crippen LogP contribution >= 0.6 is 23.2 Å². The van der Waals surface area contributed by atoms with Gasteiger partial charge >= 0.3 is 0 Å². The van der Waals surface area contributed by atoms with Crippen molar-refractivity contribution in [2.24, 2.45) is 0 Å². The average Bonchev–Trinajstić information content (AvgIpc) is 2.69. The minimum atomic E-state index is -1.28. The lowest BCUT2D eigenvalue weighted by Gasteiger charge is -2.25. The molecule has 0 amide bonds. The van der Waals surface area contributed by atoms with Crippen LogP contribution in [0.3, 0.4) is 0 Å². The molecule has 10 heteroatoms. The van der Waals surface area contributed by atoms with Crippen molar-refractivity contribution in [3.63, 3.8) is 0 Å². The standard InChI is InChI=1S/C19H16Cl2N4O4/c1-19(27,12-3-2-4-13(20)9-12)11-22-16-10-23-24(18(26)17(16)21)14-5-7-15(8-6-14)25(28)29/h2-10,22,27H,11H2,1H3. The van der Waals surface area contributed by atoms with Gasteiger partial charge in [0.2, 0.25) is 0 Å². The summed E-state index contributed by atoms with van der Waals surface area (Å²) >= 11 is 12.2. The Morgan fingerprint density at radius 1 is 1.24 bits per heavy atom. The highest BCUT2D eigenvalue weighted by molar-refractivity contribution is 6.33. The lowest BCUT2D eigenvalue weighted by Crippen LogP contribution is -2.32. The zero-order valence-corrected chi connectivity index (χ0v) is 16.7. The SMILES string of the molecule is CC(O)(CNc1cnn(-c2ccc([N+](=O)[O-])cc2)c(=O)c1Cl)c1cccc(Cl)c1. The molecule has 150 valence electrons. The van der Waals surface area contributed by atoms with E-state index >= 15 is 0 Å². The average molecular weight is 435 g/mol. The number of nitro benzene ring substituents is 1. The molecule has 29 heavy (non-hydrogen) atoms. The van der Waals surface area contributed by atoms with Gasteiger partial charge in [-0.3, -0.25) is 14.9 Å². The van der Waals surface area contributed by atoms with Gasteiger partial charge in [-0.05, 0) is 36.8 Å². The number of rotatable bonds is 6. The Balaban J connectivity index is 1.82. The van der Waals surface area contributed by atoms with Crippen LogP contribution in [-0.2, 0) is 5.60 Å². The highest BCUT2D eigenvalue weighted by Gasteiger charge is 2.24. The highest BCUT2D eigenvalue weighted by atomic mass is 35.5. The van der Waals surface area contributed by atoms with E-state index in [0.717, 1.165) is 4.68 Å². The Hall–Kier alpha value is -2.94. The first-order valence-corrected chi connectivity index (χ1v) is 9.19. The van der Waals surface area contributed by atoms with Crippen molar-refractivity contribution in [3.05, 3.63) is 90.8 Å². The van der Waals surface area contributed by atoms with Crippen molar-refractivity contribution < 1.29 is 10.0 Å². The molecule has 1 aromatic heterocycles. The van der Waals surface area contributed by atoms with E-state index in [1.165, 1.54) is 30.5 Å². The molecule has 0 spiro atoms. The predicted octanol–water partition coefficient (Wildman–Crippen LogP) is 3.77. The third kappa shape index (κ3) is 4.56. The molecule has 2 aromatic carbocycles. The van der Waals surface area contributed by atoms with E-state index in [-0.39, 0.29) is 22.9 Å². The number of halogens is 2. The Bertz CT molecular complexity index is 1110. The van der Waals surface area contributed by atoms with Gasteiger partial charge in [-0.2, -0.15) is 9.78 Å². The van der Waals surface area contributed by atoms with Gasteiger partial charge in [-0.25, -0.2) is 0 Å². The van der Waals surface area contributed by atoms with E-state index in [2.05, 4.69) is 10.4 Å². The largest absolute Gasteiger partial charge is 0.384 e. The van der Waals surface area contributed by atoms with Crippen molar-refractivity contribution >= 4 is 34.6 Å². The number of anilines is 1. The van der Waals surface area contributed by atoms with Crippen LogP contribution in [0.25, 0.3) is 5.69 Å². The summed E-state index contributed by atoms with van der Waals surface area (Å²) in [6, 6.07) is 12.2. The normalized spacial score (nSPS) is 13.0. The molecular formula is C19H16Cl2N4O4. The van der Waals surface area contributed by atoms with Crippen LogP contribution in [-0.4, -0.2) is 26.4 Å². The second-order valence-corrected chi connectivity index (χ2v) is 7.31. The second kappa shape index (κ2) is 8.20. The fraction of sp³-hybridized carbons (Fsp3) is 0.158. The zero-order chi connectivity index (χ0) is 21.2. The Kier molecular flexibility index (Phi) is 5.88. The fourth-order valence-corrected chi connectivity index (χ4v) is 3.03. The van der Waals surface area contributed by atoms with Gasteiger partial charge in [0.05, 0.1) is 22.5 Å². The number of benzene rings is 2. The summed E-state index contributed by atoms with van der Waals surface area (Å²) in [4.78, 5) is 22.8. The summed E-state index contributed by atoms with van der Waals surface area (Å²) in [7, 11) is 0. The van der Waals surface area contributed by atoms with E-state index in [9.17, 15) is 20.0 Å². The maximum Gasteiger partial charge on any atom is 0.292 e. The van der Waals surface area contributed by atoms with Gasteiger partial charge in [0.25, 0.3) is 11.2 Å². The number of non-ortho nitro benzene ring substituents is 1. The van der Waals surface area contributed by atoms with Gasteiger partial charge in [0, 0.05) is 23.7 Å². The minimum Gasteiger partial charge on any atom is -0.384 e. The summed E-state index contributed by atoms with van der Waals surface area (Å²) in [5.74, 6) is 0. The van der Waals surface area contributed by atoms with Crippen molar-refractivity contribution in [1.29, 1.82) is 0 Å². The first-order chi connectivity index (χ1) is 13.7. The molecule has 0 aliphatic rings. The fourth-order valence-electron chi connectivity index (χ4n) is 2.65. The van der Waals surface area contributed by atoms with Gasteiger partial charge in [0.1, 0.15) is 10.6 Å². The molecule has 0 saturated heterocycles. The molecule has 0 bridgehead atoms. The molecular weight excluding hydrogens is 419 g/mol. The maximum atomic E-state index is 12.6. The summed E-state index contributed by atoms with van der Waals surface area (Å²) in [5, 5.41) is 28.8. The molecule has 2 N–H and O–H groups in total. The molecule has 0 aliphatic carbocycles. The highest BCUT2D eigenvalue weighted by Crippen LogP contribution is 2.25. The van der Waals surface area contributed by atoms with Crippen molar-refractivity contribution in [2.75, 3.05) is 11.9 Å². The van der Waals surface area contributed by atoms with Crippen LogP contribution in [0.5, 0.6) is 0 Å². The molecule has 1 unspecified atom stereocenters. The lowest BCUT2D eigenvalue weighted by atomic mass is 9.96. The summed E-state index contributed by atoms with van der Waals surface area (Å²) < 4.78 is 1.03. The van der Waals surface area contributed by atoms with E-state index in [4.69, 9.17) is 23.2 Å². The van der Waals surface area contributed by atoms with Crippen LogP contribution in [0.15, 0.2) is 59.5 Å². The van der Waals surface area contributed by atoms with Crippen LogP contribution in [0.2, 0.25) is 10.0 Å². The van der Waals surface area contributed by atoms with Gasteiger partial charge in [-0.15, -0.1) is 0 Å². The minimum absolute atomic E-state index is 0.0513. The van der Waals surface area contributed by atoms with E-state index < -0.39 is 16.1 Å². The third-order valence-corrected chi connectivity index (χ3v) is 4.89. The Labute approximate surface area is 175 Å². The van der Waals surface area contributed by atoms with Crippen LogP contribution in [0.1, 0.15) is 12.5 Å². The number of nitro groups is 1. The molecule has 1 heterocycles. The van der Waals surface area contributed by atoms with E-state index in [1.54, 1.807) is 31.2 Å².